The van der Waals surface area contributed by atoms with E-state index in [1.807, 2.05) is 18.2 Å². The van der Waals surface area contributed by atoms with Gasteiger partial charge in [0.15, 0.2) is 0 Å². The molecule has 0 radical (unpaired) electrons. The largest absolute Gasteiger partial charge is 0.465 e. The first kappa shape index (κ1) is 20.6. The first-order valence-electron chi connectivity index (χ1n) is 10.0. The first-order valence-corrected chi connectivity index (χ1v) is 10.0. The summed E-state index contributed by atoms with van der Waals surface area (Å²) in [7, 11) is 1.36. The van der Waals surface area contributed by atoms with Crippen molar-refractivity contribution in [1.29, 1.82) is 0 Å². The first-order chi connectivity index (χ1) is 13.4. The van der Waals surface area contributed by atoms with Crippen molar-refractivity contribution in [3.05, 3.63) is 35.4 Å². The third kappa shape index (κ3) is 4.81. The predicted octanol–water partition coefficient (Wildman–Crippen LogP) is 2.67. The van der Waals surface area contributed by atoms with Crippen LogP contribution in [0.15, 0.2) is 24.3 Å². The van der Waals surface area contributed by atoms with Crippen LogP contribution in [-0.4, -0.2) is 40.8 Å². The lowest BCUT2D eigenvalue weighted by molar-refractivity contribution is -0.121. The van der Waals surface area contributed by atoms with Crippen molar-refractivity contribution in [1.82, 2.24) is 0 Å². The van der Waals surface area contributed by atoms with Gasteiger partial charge in [0.25, 0.3) is 0 Å². The fourth-order valence-corrected chi connectivity index (χ4v) is 4.29. The SMILES string of the molecule is COC(=O)c1cccc(CCC[C@H]2C(=O)C[C@@H](O)[C@@H]2C#CC2(O)CCCC2)c1. The maximum absolute atomic E-state index is 12.3. The van der Waals surface area contributed by atoms with Crippen LogP contribution in [0.25, 0.3) is 0 Å². The Bertz CT molecular complexity index is 782. The second-order valence-electron chi connectivity index (χ2n) is 7.96. The normalized spacial score (nSPS) is 26.0. The van der Waals surface area contributed by atoms with E-state index in [1.165, 1.54) is 7.11 Å². The summed E-state index contributed by atoms with van der Waals surface area (Å²) in [5.41, 5.74) is 0.572. The number of methoxy groups -OCH3 is 1. The average molecular weight is 384 g/mol. The average Bonchev–Trinajstić information content (AvgIpc) is 3.23. The Balaban J connectivity index is 1.61. The van der Waals surface area contributed by atoms with Gasteiger partial charge in [-0.3, -0.25) is 4.79 Å². The van der Waals surface area contributed by atoms with Gasteiger partial charge in [-0.1, -0.05) is 24.0 Å². The molecule has 0 spiro atoms. The second kappa shape index (κ2) is 8.89. The Kier molecular flexibility index (Phi) is 6.53. The van der Waals surface area contributed by atoms with E-state index in [2.05, 4.69) is 11.8 Å². The molecular formula is C23H28O5. The molecular weight excluding hydrogens is 356 g/mol. The zero-order chi connectivity index (χ0) is 20.1. The third-order valence-electron chi connectivity index (χ3n) is 5.90. The molecule has 0 aliphatic heterocycles. The standard InChI is InChI=1S/C23H28O5/c1-28-22(26)17-8-4-6-16(14-17)7-5-9-18-19(21(25)15-20(18)24)10-13-23(27)11-2-3-12-23/h4,6,8,14,18-19,21,25,27H,2-3,5,7,9,11-12,15H2,1H3/t18-,19-,21-/m1/s1. The number of hydrogen-bond acceptors (Lipinski definition) is 5. The number of carbonyl (C=O) groups excluding carboxylic acids is 2. The summed E-state index contributed by atoms with van der Waals surface area (Å²) in [6.07, 6.45) is 4.77. The van der Waals surface area contributed by atoms with Gasteiger partial charge < -0.3 is 14.9 Å². The van der Waals surface area contributed by atoms with Gasteiger partial charge in [0.2, 0.25) is 0 Å². The molecule has 28 heavy (non-hydrogen) atoms. The molecule has 2 N–H and O–H groups in total. The van der Waals surface area contributed by atoms with E-state index in [0.717, 1.165) is 31.2 Å². The summed E-state index contributed by atoms with van der Waals surface area (Å²) in [5.74, 6) is 4.99. The minimum Gasteiger partial charge on any atom is -0.465 e. The number of aryl methyl sites for hydroxylation is 1. The van der Waals surface area contributed by atoms with Crippen LogP contribution < -0.4 is 0 Å². The fraction of sp³-hybridized carbons (Fsp3) is 0.565. The van der Waals surface area contributed by atoms with Crippen molar-refractivity contribution in [2.75, 3.05) is 7.11 Å². The quantitative estimate of drug-likeness (QED) is 0.602. The van der Waals surface area contributed by atoms with Gasteiger partial charge in [0.1, 0.15) is 11.4 Å². The summed E-state index contributed by atoms with van der Waals surface area (Å²) in [4.78, 5) is 24.0. The lowest BCUT2D eigenvalue weighted by Gasteiger charge is -2.18. The Morgan fingerprint density at radius 1 is 1.32 bits per heavy atom. The number of ketones is 1. The molecule has 2 fully saturated rings. The Hall–Kier alpha value is -2.16. The van der Waals surface area contributed by atoms with Crippen LogP contribution in [0.1, 0.15) is 60.9 Å². The van der Waals surface area contributed by atoms with Crippen LogP contribution in [0.2, 0.25) is 0 Å². The Morgan fingerprint density at radius 3 is 2.79 bits per heavy atom. The summed E-state index contributed by atoms with van der Waals surface area (Å²) >= 11 is 0. The molecule has 0 saturated heterocycles. The maximum atomic E-state index is 12.3. The summed E-state index contributed by atoms with van der Waals surface area (Å²) in [6.45, 7) is 0. The van der Waals surface area contributed by atoms with Gasteiger partial charge in [-0.2, -0.15) is 0 Å². The van der Waals surface area contributed by atoms with Gasteiger partial charge in [-0.05, 0) is 62.6 Å². The molecule has 3 atom stereocenters. The van der Waals surface area contributed by atoms with Crippen molar-refractivity contribution in [3.63, 3.8) is 0 Å². The van der Waals surface area contributed by atoms with E-state index in [-0.39, 0.29) is 24.1 Å². The zero-order valence-corrected chi connectivity index (χ0v) is 16.3. The van der Waals surface area contributed by atoms with Crippen LogP contribution >= 0.6 is 0 Å². The number of hydrogen-bond donors (Lipinski definition) is 2. The molecule has 5 heteroatoms. The number of esters is 1. The Labute approximate surface area is 166 Å². The van der Waals surface area contributed by atoms with E-state index in [1.54, 1.807) is 6.07 Å². The smallest absolute Gasteiger partial charge is 0.337 e. The van der Waals surface area contributed by atoms with E-state index in [9.17, 15) is 19.8 Å². The van der Waals surface area contributed by atoms with Gasteiger partial charge >= 0.3 is 5.97 Å². The van der Waals surface area contributed by atoms with Gasteiger partial charge in [0.05, 0.1) is 24.7 Å². The molecule has 2 aliphatic carbocycles. The van der Waals surface area contributed by atoms with Gasteiger partial charge in [0, 0.05) is 12.3 Å². The zero-order valence-electron chi connectivity index (χ0n) is 16.3. The van der Waals surface area contributed by atoms with Crippen LogP contribution in [0, 0.1) is 23.7 Å². The summed E-state index contributed by atoms with van der Waals surface area (Å²) < 4.78 is 4.75. The lowest BCUT2D eigenvalue weighted by atomic mass is 9.88. The van der Waals surface area contributed by atoms with Crippen LogP contribution in [0.5, 0.6) is 0 Å². The van der Waals surface area contributed by atoms with Crippen LogP contribution in [0.3, 0.4) is 0 Å². The highest BCUT2D eigenvalue weighted by Gasteiger charge is 2.40. The molecule has 0 bridgehead atoms. The van der Waals surface area contributed by atoms with E-state index >= 15 is 0 Å². The highest BCUT2D eigenvalue weighted by molar-refractivity contribution is 5.89. The van der Waals surface area contributed by atoms with Crippen LogP contribution in [0.4, 0.5) is 0 Å². The molecule has 0 unspecified atom stereocenters. The second-order valence-corrected chi connectivity index (χ2v) is 7.96. The van der Waals surface area contributed by atoms with E-state index in [0.29, 0.717) is 24.8 Å². The molecule has 1 aromatic rings. The van der Waals surface area contributed by atoms with Crippen molar-refractivity contribution < 1.29 is 24.5 Å². The van der Waals surface area contributed by atoms with Crippen molar-refractivity contribution in [2.45, 2.75) is 63.1 Å². The number of aliphatic hydroxyl groups is 2. The van der Waals surface area contributed by atoms with Crippen LogP contribution in [-0.2, 0) is 16.0 Å². The number of aliphatic hydroxyl groups excluding tert-OH is 1. The van der Waals surface area contributed by atoms with Crippen molar-refractivity contribution in [3.8, 4) is 11.8 Å². The maximum Gasteiger partial charge on any atom is 0.337 e. The minimum atomic E-state index is -0.954. The number of ether oxygens (including phenoxy) is 1. The van der Waals surface area contributed by atoms with Gasteiger partial charge in [-0.25, -0.2) is 4.79 Å². The molecule has 2 saturated carbocycles. The molecule has 1 aromatic carbocycles. The number of benzene rings is 1. The molecule has 0 amide bonds. The Morgan fingerprint density at radius 2 is 2.07 bits per heavy atom. The minimum absolute atomic E-state index is 0.0496. The van der Waals surface area contributed by atoms with Gasteiger partial charge in [-0.15, -0.1) is 0 Å². The number of carbonyl (C=O) groups is 2. The monoisotopic (exact) mass is 384 g/mol. The predicted molar refractivity (Wildman–Crippen MR) is 105 cm³/mol. The topological polar surface area (TPSA) is 83.8 Å². The molecule has 0 heterocycles. The molecule has 150 valence electrons. The highest BCUT2D eigenvalue weighted by Crippen LogP contribution is 2.34. The molecule has 2 aliphatic rings. The molecule has 3 rings (SSSR count). The lowest BCUT2D eigenvalue weighted by Crippen LogP contribution is -2.24. The fourth-order valence-electron chi connectivity index (χ4n) is 4.29. The van der Waals surface area contributed by atoms with Crippen molar-refractivity contribution in [2.24, 2.45) is 11.8 Å². The summed E-state index contributed by atoms with van der Waals surface area (Å²) in [6, 6.07) is 7.29. The summed E-state index contributed by atoms with van der Waals surface area (Å²) in [5, 5.41) is 20.7. The number of rotatable bonds is 5. The molecule has 5 nitrogen and oxygen atoms in total. The van der Waals surface area contributed by atoms with E-state index < -0.39 is 17.6 Å². The third-order valence-corrected chi connectivity index (χ3v) is 5.90. The van der Waals surface area contributed by atoms with Crippen molar-refractivity contribution >= 4 is 11.8 Å². The number of Topliss-reactive ketones (excluding diaryl/α,β-unsaturated/α-hetero) is 1. The molecule has 0 aromatic heterocycles. The van der Waals surface area contributed by atoms with E-state index in [4.69, 9.17) is 4.74 Å². The highest BCUT2D eigenvalue weighted by atomic mass is 16.5.